The summed E-state index contributed by atoms with van der Waals surface area (Å²) in [5.74, 6) is -1.83. The molecule has 1 fully saturated rings. The number of amides is 1. The second-order valence-electron chi connectivity index (χ2n) is 8.13. The van der Waals surface area contributed by atoms with Gasteiger partial charge in [0.2, 0.25) is 0 Å². The van der Waals surface area contributed by atoms with Gasteiger partial charge in [0.05, 0.1) is 16.8 Å². The van der Waals surface area contributed by atoms with Crippen molar-refractivity contribution in [2.45, 2.75) is 26.2 Å². The topological polar surface area (TPSA) is 89.9 Å². The summed E-state index contributed by atoms with van der Waals surface area (Å²) in [4.78, 5) is 27.0. The van der Waals surface area contributed by atoms with E-state index in [1.54, 1.807) is 24.3 Å². The number of anilines is 2. The van der Waals surface area contributed by atoms with Crippen LogP contribution in [0.5, 0.6) is 5.75 Å². The lowest BCUT2D eigenvalue weighted by molar-refractivity contribution is 0.0698. The molecule has 1 saturated heterocycles. The van der Waals surface area contributed by atoms with Crippen LogP contribution in [0.2, 0.25) is 0 Å². The van der Waals surface area contributed by atoms with Crippen LogP contribution in [0.15, 0.2) is 60.7 Å². The van der Waals surface area contributed by atoms with Crippen molar-refractivity contribution in [2.75, 3.05) is 23.3 Å². The van der Waals surface area contributed by atoms with E-state index < -0.39 is 11.9 Å². The average molecular weight is 431 g/mol. The van der Waals surface area contributed by atoms with Gasteiger partial charge in [-0.25, -0.2) is 4.79 Å². The van der Waals surface area contributed by atoms with Crippen LogP contribution in [0.25, 0.3) is 11.1 Å². The SMILES string of the molecule is Cc1ccc(-c2ccc(C(=O)O)c(NC(=O)c3cc(N4CCCCC4)ccc3O)c2)cc1. The first-order valence-electron chi connectivity index (χ1n) is 10.8. The third-order valence-corrected chi connectivity index (χ3v) is 5.83. The molecule has 164 valence electrons. The Morgan fingerprint density at radius 3 is 2.22 bits per heavy atom. The number of aromatic carboxylic acids is 1. The van der Waals surface area contributed by atoms with Crippen LogP contribution in [0.3, 0.4) is 0 Å². The van der Waals surface area contributed by atoms with E-state index in [1.165, 1.54) is 18.6 Å². The van der Waals surface area contributed by atoms with Crippen LogP contribution >= 0.6 is 0 Å². The van der Waals surface area contributed by atoms with Crippen LogP contribution < -0.4 is 10.2 Å². The van der Waals surface area contributed by atoms with Crippen molar-refractivity contribution in [1.29, 1.82) is 0 Å². The zero-order valence-electron chi connectivity index (χ0n) is 18.0. The molecule has 0 aromatic heterocycles. The van der Waals surface area contributed by atoms with E-state index in [2.05, 4.69) is 10.2 Å². The van der Waals surface area contributed by atoms with Gasteiger partial charge in [-0.2, -0.15) is 0 Å². The van der Waals surface area contributed by atoms with Crippen molar-refractivity contribution in [1.82, 2.24) is 0 Å². The second kappa shape index (κ2) is 9.14. The van der Waals surface area contributed by atoms with E-state index >= 15 is 0 Å². The molecule has 4 rings (SSSR count). The molecular weight excluding hydrogens is 404 g/mol. The Balaban J connectivity index is 1.65. The fourth-order valence-electron chi connectivity index (χ4n) is 4.00. The summed E-state index contributed by atoms with van der Waals surface area (Å²) < 4.78 is 0. The monoisotopic (exact) mass is 430 g/mol. The number of carboxylic acids is 1. The number of nitrogens with zero attached hydrogens (tertiary/aromatic N) is 1. The summed E-state index contributed by atoms with van der Waals surface area (Å²) in [7, 11) is 0. The predicted molar refractivity (Wildman–Crippen MR) is 126 cm³/mol. The van der Waals surface area contributed by atoms with Gasteiger partial charge in [-0.05, 0) is 67.6 Å². The minimum absolute atomic E-state index is 0.0131. The molecule has 6 nitrogen and oxygen atoms in total. The lowest BCUT2D eigenvalue weighted by Gasteiger charge is -2.29. The quantitative estimate of drug-likeness (QED) is 0.510. The molecule has 3 aromatic rings. The van der Waals surface area contributed by atoms with Gasteiger partial charge in [0.15, 0.2) is 0 Å². The number of nitrogens with one attached hydrogen (secondary N) is 1. The third-order valence-electron chi connectivity index (χ3n) is 5.83. The number of aryl methyl sites for hydroxylation is 1. The first kappa shape index (κ1) is 21.4. The van der Waals surface area contributed by atoms with Gasteiger partial charge >= 0.3 is 5.97 Å². The van der Waals surface area contributed by atoms with Crippen LogP contribution in [-0.4, -0.2) is 35.2 Å². The van der Waals surface area contributed by atoms with Gasteiger partial charge in [0.25, 0.3) is 5.91 Å². The lowest BCUT2D eigenvalue weighted by atomic mass is 10.0. The Labute approximate surface area is 187 Å². The van der Waals surface area contributed by atoms with E-state index in [1.807, 2.05) is 31.2 Å². The lowest BCUT2D eigenvalue weighted by Crippen LogP contribution is -2.29. The number of phenolic OH excluding ortho intramolecular Hbond substituents is 1. The van der Waals surface area contributed by atoms with Crippen LogP contribution in [0.1, 0.15) is 45.5 Å². The Morgan fingerprint density at radius 1 is 0.844 bits per heavy atom. The summed E-state index contributed by atoms with van der Waals surface area (Å²) in [6.45, 7) is 3.81. The van der Waals surface area contributed by atoms with Gasteiger partial charge < -0.3 is 20.4 Å². The van der Waals surface area contributed by atoms with E-state index in [4.69, 9.17) is 0 Å². The highest BCUT2D eigenvalue weighted by atomic mass is 16.4. The summed E-state index contributed by atoms with van der Waals surface area (Å²) in [6, 6.07) is 17.7. The number of piperidine rings is 1. The molecule has 32 heavy (non-hydrogen) atoms. The summed E-state index contributed by atoms with van der Waals surface area (Å²) in [5.41, 5.74) is 3.98. The van der Waals surface area contributed by atoms with Crippen molar-refractivity contribution in [3.63, 3.8) is 0 Å². The van der Waals surface area contributed by atoms with Crippen molar-refractivity contribution in [3.8, 4) is 16.9 Å². The maximum Gasteiger partial charge on any atom is 0.337 e. The highest BCUT2D eigenvalue weighted by Crippen LogP contribution is 2.30. The molecule has 1 heterocycles. The molecule has 0 atom stereocenters. The van der Waals surface area contributed by atoms with E-state index in [0.29, 0.717) is 0 Å². The van der Waals surface area contributed by atoms with E-state index in [0.717, 1.165) is 48.3 Å². The number of carbonyl (C=O) groups excluding carboxylic acids is 1. The molecular formula is C26H26N2O4. The maximum absolute atomic E-state index is 13.1. The molecule has 0 bridgehead atoms. The number of carbonyl (C=O) groups is 2. The number of phenols is 1. The van der Waals surface area contributed by atoms with Crippen molar-refractivity contribution < 1.29 is 19.8 Å². The Kier molecular flexibility index (Phi) is 6.12. The molecule has 6 heteroatoms. The second-order valence-corrected chi connectivity index (χ2v) is 8.13. The third kappa shape index (κ3) is 4.59. The number of carboxylic acid groups (broad SMARTS) is 1. The Morgan fingerprint density at radius 2 is 1.53 bits per heavy atom. The molecule has 0 saturated carbocycles. The van der Waals surface area contributed by atoms with E-state index in [9.17, 15) is 19.8 Å². The molecule has 3 aromatic carbocycles. The van der Waals surface area contributed by atoms with Crippen LogP contribution in [0.4, 0.5) is 11.4 Å². The van der Waals surface area contributed by atoms with Crippen LogP contribution in [-0.2, 0) is 0 Å². The highest BCUT2D eigenvalue weighted by molar-refractivity contribution is 6.10. The number of benzene rings is 3. The molecule has 1 amide bonds. The number of hydrogen-bond donors (Lipinski definition) is 3. The first-order chi connectivity index (χ1) is 15.4. The summed E-state index contributed by atoms with van der Waals surface area (Å²) >= 11 is 0. The zero-order chi connectivity index (χ0) is 22.7. The largest absolute Gasteiger partial charge is 0.507 e. The molecule has 0 aliphatic carbocycles. The smallest absolute Gasteiger partial charge is 0.337 e. The van der Waals surface area contributed by atoms with Crippen molar-refractivity contribution in [3.05, 3.63) is 77.4 Å². The molecule has 3 N–H and O–H groups in total. The molecule has 0 radical (unpaired) electrons. The maximum atomic E-state index is 13.1. The van der Waals surface area contributed by atoms with Gasteiger partial charge in [-0.3, -0.25) is 4.79 Å². The molecule has 1 aliphatic heterocycles. The molecule has 0 unspecified atom stereocenters. The van der Waals surface area contributed by atoms with Gasteiger partial charge in [-0.1, -0.05) is 35.9 Å². The average Bonchev–Trinajstić information content (AvgIpc) is 2.80. The molecule has 1 aliphatic rings. The van der Waals surface area contributed by atoms with E-state index in [-0.39, 0.29) is 22.6 Å². The number of aromatic hydroxyl groups is 1. The minimum atomic E-state index is -1.14. The fraction of sp³-hybridized carbons (Fsp3) is 0.231. The molecule has 0 spiro atoms. The van der Waals surface area contributed by atoms with Crippen LogP contribution in [0, 0.1) is 6.92 Å². The van der Waals surface area contributed by atoms with Crippen molar-refractivity contribution >= 4 is 23.3 Å². The van der Waals surface area contributed by atoms with Gasteiger partial charge in [-0.15, -0.1) is 0 Å². The Hall–Kier alpha value is -3.80. The predicted octanol–water partition coefficient (Wildman–Crippen LogP) is 5.31. The number of rotatable bonds is 5. The summed E-state index contributed by atoms with van der Waals surface area (Å²) in [5, 5.41) is 22.6. The van der Waals surface area contributed by atoms with Gasteiger partial charge in [0.1, 0.15) is 5.75 Å². The highest BCUT2D eigenvalue weighted by Gasteiger charge is 2.19. The normalized spacial score (nSPS) is 13.6. The number of hydrogen-bond acceptors (Lipinski definition) is 4. The Bertz CT molecular complexity index is 1150. The standard InChI is InChI=1S/C26H26N2O4/c1-17-5-7-18(8-6-17)19-9-11-21(26(31)32)23(15-19)27-25(30)22-16-20(10-12-24(22)29)28-13-3-2-4-14-28/h5-12,15-16,29H,2-4,13-14H2,1H3,(H,27,30)(H,31,32). The minimum Gasteiger partial charge on any atom is -0.507 e. The zero-order valence-corrected chi connectivity index (χ0v) is 18.0. The summed E-state index contributed by atoms with van der Waals surface area (Å²) in [6.07, 6.45) is 3.38. The fourth-order valence-corrected chi connectivity index (χ4v) is 4.00. The van der Waals surface area contributed by atoms with Crippen molar-refractivity contribution in [2.24, 2.45) is 0 Å². The van der Waals surface area contributed by atoms with Gasteiger partial charge in [0, 0.05) is 18.8 Å². The first-order valence-corrected chi connectivity index (χ1v) is 10.8.